The lowest BCUT2D eigenvalue weighted by Gasteiger charge is -2.14. The normalized spacial score (nSPS) is 12.8. The molecule has 2 heterocycles. The summed E-state index contributed by atoms with van der Waals surface area (Å²) in [5.74, 6) is -1.19. The van der Waals surface area contributed by atoms with Crippen LogP contribution in [0.1, 0.15) is 17.2 Å². The Morgan fingerprint density at radius 1 is 1.29 bits per heavy atom. The average molecular weight is 369 g/mol. The van der Waals surface area contributed by atoms with E-state index in [2.05, 4.69) is 20.9 Å². The molecule has 2 aromatic heterocycles. The summed E-state index contributed by atoms with van der Waals surface area (Å²) in [6.07, 6.45) is 1.74. The van der Waals surface area contributed by atoms with E-state index in [-0.39, 0.29) is 16.5 Å². The van der Waals surface area contributed by atoms with Gasteiger partial charge in [0.25, 0.3) is 0 Å². The van der Waals surface area contributed by atoms with Gasteiger partial charge in [-0.15, -0.1) is 11.3 Å². The monoisotopic (exact) mass is 368 g/mol. The first kappa shape index (κ1) is 14.6. The molecule has 0 saturated heterocycles. The van der Waals surface area contributed by atoms with Crippen molar-refractivity contribution >= 4 is 37.5 Å². The standard InChI is InChI=1S/C15H11BrF2N2S/c16-10-1-2-11(17)9(15(10)18)6-12(19)8-5-14-13(20-7-8)3-4-21-14/h1-5,7,12H,6,19H2. The van der Waals surface area contributed by atoms with Gasteiger partial charge in [0.05, 0.1) is 14.7 Å². The molecule has 0 aliphatic heterocycles. The smallest absolute Gasteiger partial charge is 0.143 e. The van der Waals surface area contributed by atoms with Gasteiger partial charge >= 0.3 is 0 Å². The summed E-state index contributed by atoms with van der Waals surface area (Å²) in [5.41, 5.74) is 7.75. The summed E-state index contributed by atoms with van der Waals surface area (Å²) in [4.78, 5) is 4.30. The average Bonchev–Trinajstić information content (AvgIpc) is 2.94. The van der Waals surface area contributed by atoms with E-state index >= 15 is 0 Å². The fourth-order valence-corrected chi connectivity index (χ4v) is 3.32. The Morgan fingerprint density at radius 3 is 2.90 bits per heavy atom. The Balaban J connectivity index is 1.92. The van der Waals surface area contributed by atoms with Gasteiger partial charge in [-0.3, -0.25) is 4.98 Å². The second kappa shape index (κ2) is 5.79. The third kappa shape index (κ3) is 2.84. The highest BCUT2D eigenvalue weighted by molar-refractivity contribution is 9.10. The molecule has 0 aliphatic carbocycles. The van der Waals surface area contributed by atoms with Crippen LogP contribution in [0.3, 0.4) is 0 Å². The quantitative estimate of drug-likeness (QED) is 0.687. The molecule has 0 saturated carbocycles. The summed E-state index contributed by atoms with van der Waals surface area (Å²) >= 11 is 4.62. The molecule has 0 amide bonds. The van der Waals surface area contributed by atoms with Crippen LogP contribution in [0, 0.1) is 11.6 Å². The van der Waals surface area contributed by atoms with Gasteiger partial charge in [-0.2, -0.15) is 0 Å². The van der Waals surface area contributed by atoms with Gasteiger partial charge in [0.2, 0.25) is 0 Å². The van der Waals surface area contributed by atoms with Crippen LogP contribution in [0.15, 0.2) is 40.3 Å². The second-order valence-electron chi connectivity index (χ2n) is 4.70. The summed E-state index contributed by atoms with van der Waals surface area (Å²) < 4.78 is 29.0. The molecule has 3 rings (SSSR count). The van der Waals surface area contributed by atoms with E-state index in [1.165, 1.54) is 12.1 Å². The zero-order valence-electron chi connectivity index (χ0n) is 10.8. The van der Waals surface area contributed by atoms with Crippen molar-refractivity contribution in [3.05, 3.63) is 63.1 Å². The number of aromatic nitrogens is 1. The molecule has 0 aliphatic rings. The molecule has 108 valence electrons. The SMILES string of the molecule is NC(Cc1c(F)ccc(Br)c1F)c1cnc2ccsc2c1. The van der Waals surface area contributed by atoms with Crippen LogP contribution in [0.5, 0.6) is 0 Å². The van der Waals surface area contributed by atoms with Crippen molar-refractivity contribution in [1.29, 1.82) is 0 Å². The van der Waals surface area contributed by atoms with E-state index < -0.39 is 17.7 Å². The molecule has 0 spiro atoms. The zero-order chi connectivity index (χ0) is 15.0. The summed E-state index contributed by atoms with van der Waals surface area (Å²) in [6.45, 7) is 0. The van der Waals surface area contributed by atoms with E-state index in [0.717, 1.165) is 15.8 Å². The van der Waals surface area contributed by atoms with Crippen LogP contribution in [-0.2, 0) is 6.42 Å². The Morgan fingerprint density at radius 2 is 2.10 bits per heavy atom. The molecule has 2 N–H and O–H groups in total. The van der Waals surface area contributed by atoms with Crippen molar-refractivity contribution in [3.8, 4) is 0 Å². The Bertz CT molecular complexity index is 803. The first-order chi connectivity index (χ1) is 10.1. The van der Waals surface area contributed by atoms with Gasteiger partial charge in [0.15, 0.2) is 0 Å². The number of thiophene rings is 1. The van der Waals surface area contributed by atoms with Crippen LogP contribution in [0.25, 0.3) is 10.2 Å². The van der Waals surface area contributed by atoms with E-state index in [1.807, 2.05) is 17.5 Å². The maximum absolute atomic E-state index is 14.0. The van der Waals surface area contributed by atoms with Gasteiger partial charge in [-0.25, -0.2) is 8.78 Å². The van der Waals surface area contributed by atoms with Crippen LogP contribution in [-0.4, -0.2) is 4.98 Å². The molecule has 1 unspecified atom stereocenters. The fraction of sp³-hybridized carbons (Fsp3) is 0.133. The van der Waals surface area contributed by atoms with Crippen molar-refractivity contribution in [3.63, 3.8) is 0 Å². The van der Waals surface area contributed by atoms with Gasteiger partial charge in [0.1, 0.15) is 11.6 Å². The van der Waals surface area contributed by atoms with Crippen molar-refractivity contribution in [2.24, 2.45) is 5.73 Å². The third-order valence-corrected chi connectivity index (χ3v) is 4.78. The van der Waals surface area contributed by atoms with Gasteiger partial charge in [-0.1, -0.05) is 0 Å². The molecule has 1 atom stereocenters. The molecule has 0 bridgehead atoms. The van der Waals surface area contributed by atoms with Crippen molar-refractivity contribution in [2.45, 2.75) is 12.5 Å². The first-order valence-electron chi connectivity index (χ1n) is 6.27. The molecular weight excluding hydrogens is 358 g/mol. The first-order valence-corrected chi connectivity index (χ1v) is 7.94. The molecular formula is C15H11BrF2N2S. The maximum atomic E-state index is 14.0. The molecule has 3 aromatic rings. The van der Waals surface area contributed by atoms with Crippen LogP contribution < -0.4 is 5.73 Å². The lowest BCUT2D eigenvalue weighted by Crippen LogP contribution is -2.15. The highest BCUT2D eigenvalue weighted by Crippen LogP contribution is 2.27. The lowest BCUT2D eigenvalue weighted by molar-refractivity contribution is 0.536. The Kier molecular flexibility index (Phi) is 4.01. The Hall–Kier alpha value is -1.37. The minimum atomic E-state index is -0.601. The predicted octanol–water partition coefficient (Wildman–Crippen LogP) is 4.58. The van der Waals surface area contributed by atoms with Gasteiger partial charge in [-0.05, 0) is 57.6 Å². The van der Waals surface area contributed by atoms with E-state index in [4.69, 9.17) is 5.73 Å². The van der Waals surface area contributed by atoms with Crippen molar-refractivity contribution < 1.29 is 8.78 Å². The number of hydrogen-bond donors (Lipinski definition) is 1. The van der Waals surface area contributed by atoms with Crippen LogP contribution >= 0.6 is 27.3 Å². The zero-order valence-corrected chi connectivity index (χ0v) is 13.2. The van der Waals surface area contributed by atoms with Crippen molar-refractivity contribution in [2.75, 3.05) is 0 Å². The number of halogens is 3. The summed E-state index contributed by atoms with van der Waals surface area (Å²) in [6, 6.07) is 5.91. The molecule has 1 aromatic carbocycles. The number of nitrogens with zero attached hydrogens (tertiary/aromatic N) is 1. The minimum absolute atomic E-state index is 0.0110. The molecule has 6 heteroatoms. The van der Waals surface area contributed by atoms with Gasteiger partial charge in [0, 0.05) is 17.8 Å². The largest absolute Gasteiger partial charge is 0.324 e. The molecule has 2 nitrogen and oxygen atoms in total. The van der Waals surface area contributed by atoms with Crippen LogP contribution in [0.4, 0.5) is 8.78 Å². The third-order valence-electron chi connectivity index (χ3n) is 3.31. The highest BCUT2D eigenvalue weighted by Gasteiger charge is 2.17. The summed E-state index contributed by atoms with van der Waals surface area (Å²) in [7, 11) is 0. The molecule has 21 heavy (non-hydrogen) atoms. The Labute approximate surface area is 132 Å². The van der Waals surface area contributed by atoms with Crippen LogP contribution in [0.2, 0.25) is 0 Å². The summed E-state index contributed by atoms with van der Waals surface area (Å²) in [5, 5.41) is 1.95. The van der Waals surface area contributed by atoms with Crippen molar-refractivity contribution in [1.82, 2.24) is 4.98 Å². The van der Waals surface area contributed by atoms with E-state index in [1.54, 1.807) is 17.5 Å². The number of benzene rings is 1. The number of nitrogens with two attached hydrogens (primary N) is 1. The van der Waals surface area contributed by atoms with Gasteiger partial charge < -0.3 is 5.73 Å². The maximum Gasteiger partial charge on any atom is 0.143 e. The number of pyridine rings is 1. The minimum Gasteiger partial charge on any atom is -0.324 e. The second-order valence-corrected chi connectivity index (χ2v) is 6.51. The van der Waals surface area contributed by atoms with E-state index in [9.17, 15) is 8.78 Å². The number of fused-ring (bicyclic) bond motifs is 1. The topological polar surface area (TPSA) is 38.9 Å². The fourth-order valence-electron chi connectivity index (χ4n) is 2.16. The molecule has 0 radical (unpaired) electrons. The number of hydrogen-bond acceptors (Lipinski definition) is 3. The lowest BCUT2D eigenvalue weighted by atomic mass is 10.00. The number of rotatable bonds is 3. The van der Waals surface area contributed by atoms with E-state index in [0.29, 0.717) is 0 Å². The highest BCUT2D eigenvalue weighted by atomic mass is 79.9. The predicted molar refractivity (Wildman–Crippen MR) is 84.3 cm³/mol. The molecule has 0 fully saturated rings.